The van der Waals surface area contributed by atoms with Gasteiger partial charge in [-0.15, -0.1) is 0 Å². The van der Waals surface area contributed by atoms with Gasteiger partial charge in [0, 0.05) is 25.3 Å². The lowest BCUT2D eigenvalue weighted by Crippen LogP contribution is -2.58. The zero-order valence-corrected chi connectivity index (χ0v) is 18.1. The van der Waals surface area contributed by atoms with Gasteiger partial charge < -0.3 is 4.74 Å². The molecule has 1 aromatic carbocycles. The number of benzene rings is 1. The van der Waals surface area contributed by atoms with E-state index >= 15 is 0 Å². The van der Waals surface area contributed by atoms with Gasteiger partial charge in [0.05, 0.1) is 20.8 Å². The number of ether oxygens (including phenoxy) is 1. The minimum atomic E-state index is -4.73. The first-order chi connectivity index (χ1) is 13.8. The van der Waals surface area contributed by atoms with Gasteiger partial charge in [-0.1, -0.05) is 13.0 Å². The van der Waals surface area contributed by atoms with Crippen molar-refractivity contribution in [1.82, 2.24) is 0 Å². The Kier molecular flexibility index (Phi) is 5.70. The number of hydrogen-bond donors (Lipinski definition) is 0. The third-order valence-corrected chi connectivity index (χ3v) is 9.59. The molecule has 2 atom stereocenters. The summed E-state index contributed by atoms with van der Waals surface area (Å²) in [6, 6.07) is 3.45. The zero-order chi connectivity index (χ0) is 22.4. The van der Waals surface area contributed by atoms with Crippen LogP contribution in [0, 0.1) is 5.41 Å². The molecule has 166 valence electrons. The molecular weight excluding hydrogens is 443 g/mol. The fourth-order valence-corrected chi connectivity index (χ4v) is 7.93. The summed E-state index contributed by atoms with van der Waals surface area (Å²) in [4.78, 5) is 1.06. The van der Waals surface area contributed by atoms with Crippen LogP contribution in [0.4, 0.5) is 13.2 Å². The summed E-state index contributed by atoms with van der Waals surface area (Å²) in [5.74, 6) is 0. The van der Waals surface area contributed by atoms with Gasteiger partial charge >= 0.3 is 6.18 Å². The molecule has 0 spiro atoms. The van der Waals surface area contributed by atoms with Gasteiger partial charge in [0.25, 0.3) is 0 Å². The van der Waals surface area contributed by atoms with Gasteiger partial charge in [-0.05, 0) is 43.9 Å². The van der Waals surface area contributed by atoms with Crippen LogP contribution in [0.3, 0.4) is 0 Å². The van der Waals surface area contributed by atoms with Crippen LogP contribution in [-0.4, -0.2) is 40.8 Å². The Labute approximate surface area is 173 Å². The van der Waals surface area contributed by atoms with E-state index in [-0.39, 0.29) is 24.4 Å². The molecule has 2 aliphatic rings. The lowest BCUT2D eigenvalue weighted by atomic mass is 9.76. The SMILES string of the molecule is CC1(C2(S(=O)(=O)c3cccc(C(F)(F)F)c3)CCCCO2)CC=NC=C1S(C)(=O)=O. The topological polar surface area (TPSA) is 89.9 Å². The van der Waals surface area contributed by atoms with Crippen molar-refractivity contribution in [3.05, 3.63) is 40.9 Å². The van der Waals surface area contributed by atoms with Gasteiger partial charge in [0.15, 0.2) is 14.8 Å². The van der Waals surface area contributed by atoms with Gasteiger partial charge in [-0.3, -0.25) is 4.99 Å². The summed E-state index contributed by atoms with van der Waals surface area (Å²) >= 11 is 0. The molecule has 0 amide bonds. The second-order valence-corrected chi connectivity index (χ2v) is 11.8. The molecule has 0 aromatic heterocycles. The molecule has 1 saturated heterocycles. The van der Waals surface area contributed by atoms with Crippen molar-refractivity contribution in [2.75, 3.05) is 12.9 Å². The van der Waals surface area contributed by atoms with E-state index in [9.17, 15) is 30.0 Å². The van der Waals surface area contributed by atoms with Crippen LogP contribution in [0.2, 0.25) is 0 Å². The largest absolute Gasteiger partial charge is 0.416 e. The van der Waals surface area contributed by atoms with E-state index < -0.39 is 46.7 Å². The number of halogens is 3. The quantitative estimate of drug-likeness (QED) is 0.676. The van der Waals surface area contributed by atoms with E-state index in [0.717, 1.165) is 30.7 Å². The first-order valence-electron chi connectivity index (χ1n) is 9.24. The molecule has 2 aliphatic heterocycles. The van der Waals surface area contributed by atoms with E-state index in [0.29, 0.717) is 18.9 Å². The van der Waals surface area contributed by atoms with Crippen molar-refractivity contribution in [1.29, 1.82) is 0 Å². The number of rotatable bonds is 4. The van der Waals surface area contributed by atoms with Gasteiger partial charge in [0.1, 0.15) is 0 Å². The van der Waals surface area contributed by atoms with E-state index in [1.165, 1.54) is 13.1 Å². The lowest BCUT2D eigenvalue weighted by Gasteiger charge is -2.50. The highest BCUT2D eigenvalue weighted by Gasteiger charge is 2.62. The fourth-order valence-electron chi connectivity index (χ4n) is 4.19. The third kappa shape index (κ3) is 3.60. The molecule has 2 heterocycles. The van der Waals surface area contributed by atoms with Crippen molar-refractivity contribution in [3.8, 4) is 0 Å². The number of alkyl halides is 3. The Morgan fingerprint density at radius 1 is 1.13 bits per heavy atom. The molecule has 0 N–H and O–H groups in total. The normalized spacial score (nSPS) is 28.2. The maximum atomic E-state index is 13.8. The average molecular weight is 466 g/mol. The van der Waals surface area contributed by atoms with Crippen LogP contribution < -0.4 is 0 Å². The number of aliphatic imine (C=N–C) groups is 1. The summed E-state index contributed by atoms with van der Waals surface area (Å²) in [5, 5.41) is 0. The molecule has 0 saturated carbocycles. The van der Waals surface area contributed by atoms with E-state index in [1.54, 1.807) is 0 Å². The van der Waals surface area contributed by atoms with Crippen molar-refractivity contribution in [2.24, 2.45) is 10.4 Å². The van der Waals surface area contributed by atoms with Crippen LogP contribution >= 0.6 is 0 Å². The molecule has 6 nitrogen and oxygen atoms in total. The molecule has 30 heavy (non-hydrogen) atoms. The van der Waals surface area contributed by atoms with Gasteiger partial charge in [-0.25, -0.2) is 16.8 Å². The lowest BCUT2D eigenvalue weighted by molar-refractivity contribution is -0.137. The Morgan fingerprint density at radius 3 is 2.40 bits per heavy atom. The van der Waals surface area contributed by atoms with E-state index in [4.69, 9.17) is 4.74 Å². The van der Waals surface area contributed by atoms with Crippen LogP contribution in [0.15, 0.2) is 45.3 Å². The monoisotopic (exact) mass is 465 g/mol. The van der Waals surface area contributed by atoms with Gasteiger partial charge in [0.2, 0.25) is 9.84 Å². The van der Waals surface area contributed by atoms with Crippen molar-refractivity contribution in [2.45, 2.75) is 48.6 Å². The zero-order valence-electron chi connectivity index (χ0n) is 16.4. The van der Waals surface area contributed by atoms with Crippen molar-refractivity contribution < 1.29 is 34.7 Å². The minimum Gasteiger partial charge on any atom is -0.358 e. The molecule has 1 aromatic rings. The van der Waals surface area contributed by atoms with Crippen molar-refractivity contribution in [3.63, 3.8) is 0 Å². The summed E-state index contributed by atoms with van der Waals surface area (Å²) in [6.45, 7) is 1.50. The molecule has 11 heteroatoms. The second kappa shape index (κ2) is 7.45. The number of hydrogen-bond acceptors (Lipinski definition) is 6. The Morgan fingerprint density at radius 2 is 1.83 bits per heavy atom. The van der Waals surface area contributed by atoms with E-state index in [1.807, 2.05) is 0 Å². The standard InChI is InChI=1S/C19H22F3NO5S2/c1-17(9-10-23-13-16(17)29(2,24)25)18(8-3-4-11-28-18)30(26,27)15-7-5-6-14(12-15)19(20,21)22/h5-7,10,12-13H,3-4,8-9,11H2,1-2H3. The first kappa shape index (κ1) is 23.0. The maximum Gasteiger partial charge on any atom is 0.416 e. The van der Waals surface area contributed by atoms with Crippen molar-refractivity contribution >= 4 is 25.9 Å². The predicted molar refractivity (Wildman–Crippen MR) is 105 cm³/mol. The Bertz CT molecular complexity index is 1100. The molecule has 0 radical (unpaired) electrons. The molecule has 3 rings (SSSR count). The predicted octanol–water partition coefficient (Wildman–Crippen LogP) is 3.74. The average Bonchev–Trinajstić information content (AvgIpc) is 2.67. The molecule has 0 aliphatic carbocycles. The van der Waals surface area contributed by atoms with Crippen LogP contribution in [0.25, 0.3) is 0 Å². The Hall–Kier alpha value is -1.72. The van der Waals surface area contributed by atoms with Gasteiger partial charge in [-0.2, -0.15) is 13.2 Å². The number of nitrogens with zero attached hydrogens (tertiary/aromatic N) is 1. The summed E-state index contributed by atoms with van der Waals surface area (Å²) < 4.78 is 98.1. The third-order valence-electron chi connectivity index (χ3n) is 5.72. The summed E-state index contributed by atoms with van der Waals surface area (Å²) in [7, 11) is -8.42. The highest BCUT2D eigenvalue weighted by molar-refractivity contribution is 7.95. The smallest absolute Gasteiger partial charge is 0.358 e. The second-order valence-electron chi connectivity index (χ2n) is 7.72. The van der Waals surface area contributed by atoms with Crippen LogP contribution in [-0.2, 0) is 30.6 Å². The summed E-state index contributed by atoms with van der Waals surface area (Å²) in [5.41, 5.74) is -2.67. The fraction of sp³-hybridized carbons (Fsp3) is 0.526. The maximum absolute atomic E-state index is 13.8. The highest BCUT2D eigenvalue weighted by Crippen LogP contribution is 2.55. The van der Waals surface area contributed by atoms with Crippen LogP contribution in [0.1, 0.15) is 38.2 Å². The molecule has 0 bridgehead atoms. The Balaban J connectivity index is 2.27. The van der Waals surface area contributed by atoms with Crippen LogP contribution in [0.5, 0.6) is 0 Å². The van der Waals surface area contributed by atoms with E-state index in [2.05, 4.69) is 4.99 Å². The molecular formula is C19H22F3NO5S2. The molecule has 1 fully saturated rings. The highest BCUT2D eigenvalue weighted by atomic mass is 32.2. The number of sulfone groups is 2. The first-order valence-corrected chi connectivity index (χ1v) is 12.6. The summed E-state index contributed by atoms with van der Waals surface area (Å²) in [6.07, 6.45) is -0.413. The molecule has 2 unspecified atom stereocenters. The minimum absolute atomic E-state index is 0.0436.